The highest BCUT2D eigenvalue weighted by Gasteiger charge is 2.27. The van der Waals surface area contributed by atoms with Gasteiger partial charge in [-0.15, -0.1) is 0 Å². The fraction of sp³-hybridized carbons (Fsp3) is 0.500. The molecular weight excluding hydrogens is 306 g/mol. The summed E-state index contributed by atoms with van der Waals surface area (Å²) in [5.41, 5.74) is 6.06. The minimum atomic E-state index is -3.69. The number of rotatable bonds is 4. The van der Waals surface area contributed by atoms with E-state index in [0.29, 0.717) is 10.9 Å². The predicted molar refractivity (Wildman–Crippen MR) is 85.4 cm³/mol. The number of nitrogens with zero attached hydrogens (tertiary/aromatic N) is 1. The van der Waals surface area contributed by atoms with Crippen molar-refractivity contribution in [1.82, 2.24) is 4.72 Å². The van der Waals surface area contributed by atoms with E-state index in [-0.39, 0.29) is 16.5 Å². The summed E-state index contributed by atoms with van der Waals surface area (Å²) < 4.78 is 27.7. The molecule has 0 saturated heterocycles. The van der Waals surface area contributed by atoms with Crippen molar-refractivity contribution in [3.63, 3.8) is 0 Å². The van der Waals surface area contributed by atoms with Gasteiger partial charge in [0.1, 0.15) is 6.07 Å². The van der Waals surface area contributed by atoms with E-state index >= 15 is 0 Å². The number of anilines is 1. The average molecular weight is 325 g/mol. The van der Waals surface area contributed by atoms with Crippen LogP contribution in [0, 0.1) is 11.3 Å². The van der Waals surface area contributed by atoms with Crippen LogP contribution in [0.25, 0.3) is 0 Å². The zero-order valence-corrected chi connectivity index (χ0v) is 13.5. The lowest BCUT2D eigenvalue weighted by Gasteiger charge is -2.28. The summed E-state index contributed by atoms with van der Waals surface area (Å²) in [6, 6.07) is 6.12. The first-order valence-corrected chi connectivity index (χ1v) is 9.58. The van der Waals surface area contributed by atoms with Crippen molar-refractivity contribution >= 4 is 27.5 Å². The van der Waals surface area contributed by atoms with E-state index in [1.165, 1.54) is 18.2 Å². The molecule has 2 atom stereocenters. The Morgan fingerprint density at radius 1 is 1.43 bits per heavy atom. The van der Waals surface area contributed by atoms with Crippen molar-refractivity contribution in [3.8, 4) is 6.07 Å². The number of hydrogen-bond donors (Lipinski definition) is 2. The average Bonchev–Trinajstić information content (AvgIpc) is 2.46. The number of benzene rings is 1. The molecule has 2 rings (SSSR count). The van der Waals surface area contributed by atoms with Gasteiger partial charge in [-0.3, -0.25) is 0 Å². The molecule has 1 fully saturated rings. The summed E-state index contributed by atoms with van der Waals surface area (Å²) in [7, 11) is -3.69. The van der Waals surface area contributed by atoms with Gasteiger partial charge in [0.05, 0.1) is 10.5 Å². The van der Waals surface area contributed by atoms with Crippen LogP contribution >= 0.6 is 11.8 Å². The normalized spacial score (nSPS) is 22.7. The molecule has 1 aliphatic carbocycles. The lowest BCUT2D eigenvalue weighted by atomic mass is 9.96. The molecule has 1 aliphatic rings. The van der Waals surface area contributed by atoms with Gasteiger partial charge in [-0.2, -0.15) is 17.0 Å². The summed E-state index contributed by atoms with van der Waals surface area (Å²) in [4.78, 5) is 0.00507. The fourth-order valence-corrected chi connectivity index (χ4v) is 4.87. The fourth-order valence-electron chi connectivity index (χ4n) is 2.62. The monoisotopic (exact) mass is 325 g/mol. The summed E-state index contributed by atoms with van der Waals surface area (Å²) in [6.07, 6.45) is 5.87. The van der Waals surface area contributed by atoms with E-state index in [4.69, 9.17) is 11.0 Å². The van der Waals surface area contributed by atoms with Crippen LogP contribution in [0.2, 0.25) is 0 Å². The van der Waals surface area contributed by atoms with Crippen molar-refractivity contribution in [2.24, 2.45) is 0 Å². The Bertz CT molecular complexity index is 653. The molecule has 0 amide bonds. The van der Waals surface area contributed by atoms with E-state index in [2.05, 4.69) is 11.0 Å². The van der Waals surface area contributed by atoms with Crippen LogP contribution in [-0.4, -0.2) is 26.0 Å². The maximum absolute atomic E-state index is 12.5. The minimum Gasteiger partial charge on any atom is -0.399 e. The molecule has 114 valence electrons. The molecule has 0 spiro atoms. The van der Waals surface area contributed by atoms with Gasteiger partial charge in [0.25, 0.3) is 0 Å². The highest BCUT2D eigenvalue weighted by molar-refractivity contribution is 7.99. The molecule has 1 aromatic carbocycles. The molecule has 0 heterocycles. The lowest BCUT2D eigenvalue weighted by Crippen LogP contribution is -2.39. The van der Waals surface area contributed by atoms with Crippen LogP contribution in [0.15, 0.2) is 23.1 Å². The first-order valence-electron chi connectivity index (χ1n) is 6.81. The Labute approximate surface area is 130 Å². The molecule has 0 radical (unpaired) electrons. The molecule has 0 aliphatic heterocycles. The zero-order chi connectivity index (χ0) is 15.5. The lowest BCUT2D eigenvalue weighted by molar-refractivity contribution is 0.421. The molecule has 21 heavy (non-hydrogen) atoms. The number of nitriles is 1. The van der Waals surface area contributed by atoms with E-state index in [1.807, 2.05) is 6.07 Å². The molecule has 2 unspecified atom stereocenters. The van der Waals surface area contributed by atoms with E-state index < -0.39 is 10.0 Å². The van der Waals surface area contributed by atoms with Crippen LogP contribution < -0.4 is 10.5 Å². The number of nitrogens with two attached hydrogens (primary N) is 1. The van der Waals surface area contributed by atoms with Crippen molar-refractivity contribution in [1.29, 1.82) is 5.26 Å². The number of sulfonamides is 1. The summed E-state index contributed by atoms with van der Waals surface area (Å²) in [5, 5.41) is 9.58. The number of hydrogen-bond acceptors (Lipinski definition) is 5. The van der Waals surface area contributed by atoms with Gasteiger partial charge in [-0.25, -0.2) is 13.1 Å². The second kappa shape index (κ2) is 6.69. The SMILES string of the molecule is CSC1CCCC(NS(=O)(=O)c2ccc(N)cc2C#N)C1. The highest BCUT2D eigenvalue weighted by atomic mass is 32.2. The van der Waals surface area contributed by atoms with E-state index in [9.17, 15) is 8.42 Å². The summed E-state index contributed by atoms with van der Waals surface area (Å²) in [5.74, 6) is 0. The topological polar surface area (TPSA) is 96.0 Å². The van der Waals surface area contributed by atoms with Gasteiger partial charge in [0.2, 0.25) is 10.0 Å². The van der Waals surface area contributed by atoms with Crippen molar-refractivity contribution in [3.05, 3.63) is 23.8 Å². The number of nitrogen functional groups attached to an aromatic ring is 1. The maximum atomic E-state index is 12.5. The largest absolute Gasteiger partial charge is 0.399 e. The first-order chi connectivity index (χ1) is 9.96. The van der Waals surface area contributed by atoms with Crippen LogP contribution in [0.1, 0.15) is 31.2 Å². The Morgan fingerprint density at radius 3 is 2.86 bits per heavy atom. The zero-order valence-electron chi connectivity index (χ0n) is 11.9. The molecule has 3 N–H and O–H groups in total. The third-order valence-electron chi connectivity index (χ3n) is 3.69. The van der Waals surface area contributed by atoms with Crippen molar-refractivity contribution < 1.29 is 8.42 Å². The molecular formula is C14H19N3O2S2. The van der Waals surface area contributed by atoms with Gasteiger partial charge in [0, 0.05) is 17.0 Å². The summed E-state index contributed by atoms with van der Waals surface area (Å²) >= 11 is 1.78. The van der Waals surface area contributed by atoms with Gasteiger partial charge in [-0.1, -0.05) is 6.42 Å². The molecule has 0 aromatic heterocycles. The molecule has 1 aromatic rings. The Balaban J connectivity index is 2.21. The van der Waals surface area contributed by atoms with Gasteiger partial charge < -0.3 is 5.73 Å². The van der Waals surface area contributed by atoms with E-state index in [0.717, 1.165) is 25.7 Å². The van der Waals surface area contributed by atoms with Gasteiger partial charge >= 0.3 is 0 Å². The second-order valence-corrected chi connectivity index (χ2v) is 8.03. The van der Waals surface area contributed by atoms with Crippen molar-refractivity contribution in [2.75, 3.05) is 12.0 Å². The maximum Gasteiger partial charge on any atom is 0.242 e. The Morgan fingerprint density at radius 2 is 2.19 bits per heavy atom. The number of nitrogens with one attached hydrogen (secondary N) is 1. The summed E-state index contributed by atoms with van der Waals surface area (Å²) in [6.45, 7) is 0. The standard InChI is InChI=1S/C14H19N3O2S2/c1-20-13-4-2-3-12(8-13)17-21(18,19)14-6-5-11(16)7-10(14)9-15/h5-7,12-13,17H,2-4,8,16H2,1H3. The third kappa shape index (κ3) is 3.90. The van der Waals surface area contributed by atoms with E-state index in [1.54, 1.807) is 11.8 Å². The Hall–Kier alpha value is -1.23. The highest BCUT2D eigenvalue weighted by Crippen LogP contribution is 2.28. The van der Waals surface area contributed by atoms with Crippen molar-refractivity contribution in [2.45, 2.75) is 41.9 Å². The molecule has 7 heteroatoms. The third-order valence-corrected chi connectivity index (χ3v) is 6.37. The molecule has 1 saturated carbocycles. The van der Waals surface area contributed by atoms with Gasteiger partial charge in [0.15, 0.2) is 0 Å². The van der Waals surface area contributed by atoms with Gasteiger partial charge in [-0.05, 0) is 43.7 Å². The molecule has 0 bridgehead atoms. The number of thioether (sulfide) groups is 1. The van der Waals surface area contributed by atoms with Crippen LogP contribution in [-0.2, 0) is 10.0 Å². The smallest absolute Gasteiger partial charge is 0.242 e. The predicted octanol–water partition coefficient (Wildman–Crippen LogP) is 2.09. The minimum absolute atomic E-state index is 0.00507. The molecule has 5 nitrogen and oxygen atoms in total. The Kier molecular flexibility index (Phi) is 5.14. The van der Waals surface area contributed by atoms with Crippen LogP contribution in [0.3, 0.4) is 0 Å². The second-order valence-electron chi connectivity index (χ2n) is 5.21. The van der Waals surface area contributed by atoms with Crippen LogP contribution in [0.4, 0.5) is 5.69 Å². The first kappa shape index (κ1) is 16.1. The van der Waals surface area contributed by atoms with Crippen LogP contribution in [0.5, 0.6) is 0 Å². The quantitative estimate of drug-likeness (QED) is 0.826.